The summed E-state index contributed by atoms with van der Waals surface area (Å²) in [6.07, 6.45) is -0.829. The molecule has 0 aliphatic rings. The van der Waals surface area contributed by atoms with Crippen molar-refractivity contribution >= 4 is 67.3 Å². The number of halogens is 2. The van der Waals surface area contributed by atoms with Gasteiger partial charge < -0.3 is 20.5 Å². The van der Waals surface area contributed by atoms with Crippen LogP contribution in [0.3, 0.4) is 0 Å². The van der Waals surface area contributed by atoms with Gasteiger partial charge in [0.2, 0.25) is 5.91 Å². The lowest BCUT2D eigenvalue weighted by molar-refractivity contribution is -0.138. The lowest BCUT2D eigenvalue weighted by atomic mass is 10.2. The van der Waals surface area contributed by atoms with E-state index in [1.54, 1.807) is 30.3 Å². The fourth-order valence-corrected chi connectivity index (χ4v) is 4.11. The number of carboxylic acid groups (broad SMARTS) is 1. The van der Waals surface area contributed by atoms with Crippen LogP contribution in [0.25, 0.3) is 0 Å². The first kappa shape index (κ1) is 23.2. The summed E-state index contributed by atoms with van der Waals surface area (Å²) in [5.41, 5.74) is 1.40. The van der Waals surface area contributed by atoms with E-state index in [-0.39, 0.29) is 24.0 Å². The molecule has 0 aliphatic carbocycles. The Balaban J connectivity index is 1.76. The van der Waals surface area contributed by atoms with E-state index in [2.05, 4.69) is 42.5 Å². The van der Waals surface area contributed by atoms with E-state index in [1.807, 2.05) is 18.2 Å². The van der Waals surface area contributed by atoms with Gasteiger partial charge in [0.15, 0.2) is 0 Å². The average molecular weight is 546 g/mol. The molecular weight excluding hydrogens is 528 g/mol. The maximum atomic E-state index is 12.1. The first-order valence-electron chi connectivity index (χ1n) is 8.38. The molecule has 0 radical (unpaired) electrons. The maximum absolute atomic E-state index is 12.1. The van der Waals surface area contributed by atoms with Gasteiger partial charge in [-0.2, -0.15) is 0 Å². The van der Waals surface area contributed by atoms with Crippen molar-refractivity contribution in [1.29, 1.82) is 0 Å². The maximum Gasteiger partial charge on any atom is 0.408 e. The average Bonchev–Trinajstić information content (AvgIpc) is 2.68. The number of carboxylic acids is 1. The molecule has 1 unspecified atom stereocenters. The lowest BCUT2D eigenvalue weighted by Gasteiger charge is -2.14. The van der Waals surface area contributed by atoms with Crippen LogP contribution in [-0.2, 0) is 20.9 Å². The van der Waals surface area contributed by atoms with Crippen molar-refractivity contribution in [1.82, 2.24) is 5.32 Å². The largest absolute Gasteiger partial charge is 0.480 e. The molecule has 0 saturated heterocycles. The Bertz CT molecular complexity index is 867. The van der Waals surface area contributed by atoms with Crippen LogP contribution >= 0.6 is 43.6 Å². The topological polar surface area (TPSA) is 105 Å². The van der Waals surface area contributed by atoms with Gasteiger partial charge in [0, 0.05) is 14.7 Å². The van der Waals surface area contributed by atoms with Crippen molar-refractivity contribution in [2.75, 3.05) is 16.8 Å². The van der Waals surface area contributed by atoms with Crippen LogP contribution in [0.2, 0.25) is 0 Å². The predicted molar refractivity (Wildman–Crippen MR) is 119 cm³/mol. The second kappa shape index (κ2) is 11.8. The summed E-state index contributed by atoms with van der Waals surface area (Å²) in [7, 11) is 0. The van der Waals surface area contributed by atoms with E-state index >= 15 is 0 Å². The summed E-state index contributed by atoms with van der Waals surface area (Å²) in [5.74, 6) is -1.43. The van der Waals surface area contributed by atoms with Crippen LogP contribution in [0.15, 0.2) is 57.5 Å². The molecule has 7 nitrogen and oxygen atoms in total. The number of amides is 2. The number of hydrogen-bond donors (Lipinski definition) is 3. The Morgan fingerprint density at radius 1 is 1.10 bits per heavy atom. The monoisotopic (exact) mass is 544 g/mol. The van der Waals surface area contributed by atoms with Crippen LogP contribution in [0.5, 0.6) is 0 Å². The van der Waals surface area contributed by atoms with Gasteiger partial charge >= 0.3 is 12.1 Å². The molecule has 0 fully saturated rings. The highest BCUT2D eigenvalue weighted by atomic mass is 79.9. The summed E-state index contributed by atoms with van der Waals surface area (Å²) < 4.78 is 6.61. The van der Waals surface area contributed by atoms with E-state index in [9.17, 15) is 19.5 Å². The quantitative estimate of drug-likeness (QED) is 0.435. The molecule has 0 bridgehead atoms. The molecule has 2 amide bonds. The normalized spacial score (nSPS) is 11.4. The van der Waals surface area contributed by atoms with Gasteiger partial charge in [-0.1, -0.05) is 46.3 Å². The third-order valence-corrected chi connectivity index (χ3v) is 5.71. The molecule has 2 aromatic carbocycles. The van der Waals surface area contributed by atoms with Crippen LogP contribution in [0.1, 0.15) is 5.56 Å². The Hall–Kier alpha value is -2.04. The molecule has 0 heterocycles. The number of hydrogen-bond acceptors (Lipinski definition) is 5. The zero-order chi connectivity index (χ0) is 21.2. The molecule has 29 heavy (non-hydrogen) atoms. The van der Waals surface area contributed by atoms with Gasteiger partial charge in [0.05, 0.1) is 11.4 Å². The smallest absolute Gasteiger partial charge is 0.408 e. The van der Waals surface area contributed by atoms with Gasteiger partial charge in [-0.3, -0.25) is 4.79 Å². The van der Waals surface area contributed by atoms with Gasteiger partial charge in [-0.25, -0.2) is 9.59 Å². The van der Waals surface area contributed by atoms with Crippen molar-refractivity contribution < 1.29 is 24.2 Å². The lowest BCUT2D eigenvalue weighted by Crippen LogP contribution is -2.43. The number of carbonyl (C=O) groups is 3. The molecule has 10 heteroatoms. The van der Waals surface area contributed by atoms with Crippen molar-refractivity contribution in [3.05, 3.63) is 63.0 Å². The molecule has 0 saturated carbocycles. The van der Waals surface area contributed by atoms with Crippen LogP contribution in [-0.4, -0.2) is 40.6 Å². The summed E-state index contributed by atoms with van der Waals surface area (Å²) in [4.78, 5) is 35.3. The summed E-state index contributed by atoms with van der Waals surface area (Å²) in [5, 5.41) is 14.3. The highest BCUT2D eigenvalue weighted by Crippen LogP contribution is 2.26. The zero-order valence-electron chi connectivity index (χ0n) is 15.1. The van der Waals surface area contributed by atoms with E-state index in [0.717, 1.165) is 26.3 Å². The number of anilines is 1. The van der Waals surface area contributed by atoms with Gasteiger partial charge in [-0.15, -0.1) is 11.8 Å². The second-order valence-corrected chi connectivity index (χ2v) is 8.58. The molecule has 1 atom stereocenters. The van der Waals surface area contributed by atoms with Gasteiger partial charge in [0.1, 0.15) is 12.6 Å². The Labute approximate surface area is 188 Å². The molecule has 3 N–H and O–H groups in total. The second-order valence-electron chi connectivity index (χ2n) is 5.78. The molecule has 2 rings (SSSR count). The fraction of sp³-hybridized carbons (Fsp3) is 0.211. The number of thioether (sulfide) groups is 1. The molecule has 0 aliphatic heterocycles. The van der Waals surface area contributed by atoms with E-state index < -0.39 is 18.1 Å². The number of ether oxygens (including phenoxy) is 1. The van der Waals surface area contributed by atoms with Crippen LogP contribution in [0, 0.1) is 0 Å². The molecule has 154 valence electrons. The fourth-order valence-electron chi connectivity index (χ4n) is 2.13. The molecule has 0 aromatic heterocycles. The minimum atomic E-state index is -1.20. The first-order valence-corrected chi connectivity index (χ1v) is 11.1. The Morgan fingerprint density at radius 3 is 2.48 bits per heavy atom. The Morgan fingerprint density at radius 2 is 1.83 bits per heavy atom. The van der Waals surface area contributed by atoms with Gasteiger partial charge in [0.25, 0.3) is 0 Å². The van der Waals surface area contributed by atoms with E-state index in [4.69, 9.17) is 4.74 Å². The zero-order valence-corrected chi connectivity index (χ0v) is 19.1. The van der Waals surface area contributed by atoms with Gasteiger partial charge in [-0.05, 0) is 39.7 Å². The number of alkyl carbamates (subject to hydrolysis) is 1. The van der Waals surface area contributed by atoms with Crippen LogP contribution < -0.4 is 10.6 Å². The third kappa shape index (κ3) is 8.46. The SMILES string of the molecule is O=C(CSCC(NC(=O)OCc1ccccc1)C(=O)O)Nc1ccc(Br)cc1Br. The number of aliphatic carboxylic acids is 1. The number of benzene rings is 2. The highest BCUT2D eigenvalue weighted by Gasteiger charge is 2.21. The predicted octanol–water partition coefficient (Wildman–Crippen LogP) is 4.26. The molecule has 0 spiro atoms. The van der Waals surface area contributed by atoms with Crippen molar-refractivity contribution in [3.63, 3.8) is 0 Å². The Kier molecular flexibility index (Phi) is 9.49. The molecule has 2 aromatic rings. The third-order valence-electron chi connectivity index (χ3n) is 3.53. The number of rotatable bonds is 9. The minimum Gasteiger partial charge on any atom is -0.480 e. The van der Waals surface area contributed by atoms with E-state index in [0.29, 0.717) is 5.69 Å². The highest BCUT2D eigenvalue weighted by molar-refractivity contribution is 9.11. The minimum absolute atomic E-state index is 0.0185. The molecular formula is C19H18Br2N2O5S. The summed E-state index contributed by atoms with van der Waals surface area (Å²) in [6, 6.07) is 13.2. The van der Waals surface area contributed by atoms with E-state index in [1.165, 1.54) is 0 Å². The first-order chi connectivity index (χ1) is 13.8. The summed E-state index contributed by atoms with van der Waals surface area (Å²) in [6.45, 7) is 0.0383. The standard InChI is InChI=1S/C19H18Br2N2O5S/c20-13-6-7-15(14(21)8-13)22-17(24)11-29-10-16(18(25)26)23-19(27)28-9-12-4-2-1-3-5-12/h1-8,16H,9-11H2,(H,22,24)(H,23,27)(H,25,26). The number of nitrogens with one attached hydrogen (secondary N) is 2. The van der Waals surface area contributed by atoms with Crippen LogP contribution in [0.4, 0.5) is 10.5 Å². The number of carbonyl (C=O) groups excluding carboxylic acids is 2. The van der Waals surface area contributed by atoms with Crippen molar-refractivity contribution in [3.8, 4) is 0 Å². The van der Waals surface area contributed by atoms with Crippen molar-refractivity contribution in [2.24, 2.45) is 0 Å². The summed E-state index contributed by atoms with van der Waals surface area (Å²) >= 11 is 7.78. The van der Waals surface area contributed by atoms with Crippen molar-refractivity contribution in [2.45, 2.75) is 12.6 Å².